The Morgan fingerprint density at radius 2 is 1.88 bits per heavy atom. The zero-order chi connectivity index (χ0) is 19.0. The van der Waals surface area contributed by atoms with Crippen molar-refractivity contribution in [2.24, 2.45) is 34.5 Å². The summed E-state index contributed by atoms with van der Waals surface area (Å²) >= 11 is 0. The van der Waals surface area contributed by atoms with Crippen LogP contribution in [0.15, 0.2) is 0 Å². The van der Waals surface area contributed by atoms with Crippen molar-refractivity contribution in [3.8, 4) is 0 Å². The molecule has 0 radical (unpaired) electrons. The molecule has 2 N–H and O–H groups in total. The summed E-state index contributed by atoms with van der Waals surface area (Å²) in [6.45, 7) is 6.00. The molecule has 0 spiro atoms. The Hall–Kier alpha value is -0.980. The van der Waals surface area contributed by atoms with E-state index in [1.54, 1.807) is 7.11 Å². The van der Waals surface area contributed by atoms with Gasteiger partial charge in [-0.05, 0) is 37.0 Å². The molecule has 4 aliphatic rings. The van der Waals surface area contributed by atoms with Crippen LogP contribution in [-0.4, -0.2) is 53.5 Å². The second-order valence-corrected chi connectivity index (χ2v) is 9.36. The SMILES string of the molecule is CO[C@H]1[C@H](C)[C@@H]2CC(=O)O[C@@H]3C[C@H]4CC[C@H](O)C(=O)[C@]4(C)[C@@H]([C@@H]1O)[C@@]32C. The molecule has 26 heavy (non-hydrogen) atoms. The highest BCUT2D eigenvalue weighted by Crippen LogP contribution is 2.67. The van der Waals surface area contributed by atoms with Gasteiger partial charge in [0.15, 0.2) is 5.78 Å². The monoisotopic (exact) mass is 366 g/mol. The number of esters is 1. The first-order valence-electron chi connectivity index (χ1n) is 9.80. The number of aliphatic hydroxyl groups excluding tert-OH is 2. The smallest absolute Gasteiger partial charge is 0.306 e. The molecular weight excluding hydrogens is 336 g/mol. The third-order valence-electron chi connectivity index (χ3n) is 8.54. The Bertz CT molecular complexity index is 634. The summed E-state index contributed by atoms with van der Waals surface area (Å²) < 4.78 is 11.4. The summed E-state index contributed by atoms with van der Waals surface area (Å²) in [4.78, 5) is 25.5. The van der Waals surface area contributed by atoms with Gasteiger partial charge < -0.3 is 19.7 Å². The molecule has 6 nitrogen and oxygen atoms in total. The van der Waals surface area contributed by atoms with Gasteiger partial charge in [-0.1, -0.05) is 20.8 Å². The van der Waals surface area contributed by atoms with Gasteiger partial charge in [0.1, 0.15) is 12.2 Å². The third kappa shape index (κ3) is 2.04. The number of aliphatic hydroxyl groups is 2. The molecule has 6 heteroatoms. The first-order chi connectivity index (χ1) is 12.2. The maximum absolute atomic E-state index is 13.2. The number of fused-ring (bicyclic) bond motifs is 2. The number of hydrogen-bond donors (Lipinski definition) is 2. The van der Waals surface area contributed by atoms with E-state index in [1.165, 1.54) is 0 Å². The van der Waals surface area contributed by atoms with Crippen LogP contribution in [0, 0.1) is 34.5 Å². The molecule has 4 fully saturated rings. The molecule has 1 heterocycles. The summed E-state index contributed by atoms with van der Waals surface area (Å²) in [5, 5.41) is 21.6. The molecule has 146 valence electrons. The van der Waals surface area contributed by atoms with Gasteiger partial charge in [-0.3, -0.25) is 9.59 Å². The number of ether oxygens (including phenoxy) is 2. The third-order valence-corrected chi connectivity index (χ3v) is 8.54. The van der Waals surface area contributed by atoms with E-state index in [0.717, 1.165) is 0 Å². The molecular formula is C20H30O6. The van der Waals surface area contributed by atoms with E-state index in [1.807, 2.05) is 13.8 Å². The highest BCUT2D eigenvalue weighted by Gasteiger charge is 2.72. The number of rotatable bonds is 1. The fourth-order valence-electron chi connectivity index (χ4n) is 7.29. The van der Waals surface area contributed by atoms with Gasteiger partial charge in [-0.2, -0.15) is 0 Å². The summed E-state index contributed by atoms with van der Waals surface area (Å²) in [5.74, 6) is -0.807. The molecule has 10 atom stereocenters. The molecule has 0 amide bonds. The second kappa shape index (κ2) is 5.76. The molecule has 4 rings (SSSR count). The minimum absolute atomic E-state index is 0.00594. The number of Topliss-reactive ketones (excluding diaryl/α,β-unsaturated/α-hetero) is 1. The Morgan fingerprint density at radius 1 is 1.19 bits per heavy atom. The highest BCUT2D eigenvalue weighted by molar-refractivity contribution is 5.90. The van der Waals surface area contributed by atoms with Crippen LogP contribution in [0.1, 0.15) is 46.5 Å². The van der Waals surface area contributed by atoms with Crippen molar-refractivity contribution in [3.05, 3.63) is 0 Å². The van der Waals surface area contributed by atoms with Gasteiger partial charge in [0.2, 0.25) is 0 Å². The van der Waals surface area contributed by atoms with Crippen molar-refractivity contribution >= 4 is 11.8 Å². The number of carbonyl (C=O) groups excluding carboxylic acids is 2. The van der Waals surface area contributed by atoms with Crippen molar-refractivity contribution in [3.63, 3.8) is 0 Å². The van der Waals surface area contributed by atoms with Crippen LogP contribution >= 0.6 is 0 Å². The first-order valence-corrected chi connectivity index (χ1v) is 9.80. The minimum atomic E-state index is -0.978. The lowest BCUT2D eigenvalue weighted by molar-refractivity contribution is -0.281. The lowest BCUT2D eigenvalue weighted by Crippen LogP contribution is -2.74. The topological polar surface area (TPSA) is 93.1 Å². The Balaban J connectivity index is 1.89. The Morgan fingerprint density at radius 3 is 2.54 bits per heavy atom. The van der Waals surface area contributed by atoms with Crippen LogP contribution in [0.5, 0.6) is 0 Å². The second-order valence-electron chi connectivity index (χ2n) is 9.36. The largest absolute Gasteiger partial charge is 0.462 e. The summed E-state index contributed by atoms with van der Waals surface area (Å²) in [5.41, 5.74) is -1.33. The van der Waals surface area contributed by atoms with Gasteiger partial charge in [-0.25, -0.2) is 0 Å². The number of hydrogen-bond acceptors (Lipinski definition) is 6. The Kier molecular flexibility index (Phi) is 4.07. The lowest BCUT2D eigenvalue weighted by atomic mass is 9.38. The molecule has 1 aliphatic heterocycles. The quantitative estimate of drug-likeness (QED) is 0.680. The zero-order valence-electron chi connectivity index (χ0n) is 16.0. The van der Waals surface area contributed by atoms with Crippen molar-refractivity contribution in [2.45, 2.75) is 70.9 Å². The molecule has 0 aromatic heterocycles. The van der Waals surface area contributed by atoms with Crippen LogP contribution in [0.2, 0.25) is 0 Å². The van der Waals surface area contributed by atoms with Gasteiger partial charge in [0, 0.05) is 30.3 Å². The van der Waals surface area contributed by atoms with E-state index in [-0.39, 0.29) is 42.0 Å². The molecule has 0 aromatic carbocycles. The summed E-state index contributed by atoms with van der Waals surface area (Å²) in [6, 6.07) is 0. The Labute approximate surface area is 154 Å². The van der Waals surface area contributed by atoms with Crippen LogP contribution in [0.3, 0.4) is 0 Å². The molecule has 0 aromatic rings. The van der Waals surface area contributed by atoms with Crippen molar-refractivity contribution in [1.82, 2.24) is 0 Å². The fraction of sp³-hybridized carbons (Fsp3) is 0.900. The average Bonchev–Trinajstić information content (AvgIpc) is 2.57. The molecule has 3 saturated carbocycles. The van der Waals surface area contributed by atoms with Crippen molar-refractivity contribution in [2.75, 3.05) is 7.11 Å². The molecule has 0 bridgehead atoms. The molecule has 1 saturated heterocycles. The summed E-state index contributed by atoms with van der Waals surface area (Å²) in [7, 11) is 1.58. The normalized spacial score (nSPS) is 56.4. The van der Waals surface area contributed by atoms with E-state index >= 15 is 0 Å². The van der Waals surface area contributed by atoms with Crippen LogP contribution < -0.4 is 0 Å². The average molecular weight is 366 g/mol. The van der Waals surface area contributed by atoms with E-state index < -0.39 is 35.1 Å². The summed E-state index contributed by atoms with van der Waals surface area (Å²) in [6.07, 6.45) is -0.495. The van der Waals surface area contributed by atoms with Crippen LogP contribution in [0.25, 0.3) is 0 Å². The van der Waals surface area contributed by atoms with E-state index in [2.05, 4.69) is 6.92 Å². The van der Waals surface area contributed by atoms with Crippen LogP contribution in [0.4, 0.5) is 0 Å². The van der Waals surface area contributed by atoms with E-state index in [4.69, 9.17) is 9.47 Å². The first kappa shape index (κ1) is 18.4. The molecule has 3 aliphatic carbocycles. The minimum Gasteiger partial charge on any atom is -0.462 e. The highest BCUT2D eigenvalue weighted by atomic mass is 16.5. The standard InChI is InChI=1S/C20H30O6/c1-9-11-8-14(22)26-13-7-10-5-6-12(21)18(24)19(10,2)17(20(11,13)3)15(23)16(9)25-4/h9-13,15-17,21,23H,5-8H2,1-4H3/t9-,10-,11+,12+,13-,15-,16+,17-,19+,20-/m1/s1. The number of carbonyl (C=O) groups is 2. The van der Waals surface area contributed by atoms with E-state index in [9.17, 15) is 19.8 Å². The van der Waals surface area contributed by atoms with Gasteiger partial charge >= 0.3 is 5.97 Å². The zero-order valence-corrected chi connectivity index (χ0v) is 16.0. The van der Waals surface area contributed by atoms with Gasteiger partial charge in [-0.15, -0.1) is 0 Å². The van der Waals surface area contributed by atoms with Gasteiger partial charge in [0.05, 0.1) is 12.2 Å². The van der Waals surface area contributed by atoms with E-state index in [0.29, 0.717) is 19.3 Å². The van der Waals surface area contributed by atoms with Crippen LogP contribution in [-0.2, 0) is 19.1 Å². The molecule has 0 unspecified atom stereocenters. The fourth-order valence-corrected chi connectivity index (χ4v) is 7.29. The van der Waals surface area contributed by atoms with Gasteiger partial charge in [0.25, 0.3) is 0 Å². The van der Waals surface area contributed by atoms with Crippen molar-refractivity contribution < 1.29 is 29.3 Å². The maximum Gasteiger partial charge on any atom is 0.306 e. The predicted molar refractivity (Wildman–Crippen MR) is 92.0 cm³/mol. The lowest BCUT2D eigenvalue weighted by Gasteiger charge is -2.68. The number of methoxy groups -OCH3 is 1. The number of ketones is 1. The van der Waals surface area contributed by atoms with Crippen molar-refractivity contribution in [1.29, 1.82) is 0 Å². The predicted octanol–water partition coefficient (Wildman–Crippen LogP) is 1.32. The maximum atomic E-state index is 13.2.